The summed E-state index contributed by atoms with van der Waals surface area (Å²) in [6.45, 7) is -2.69. The van der Waals surface area contributed by atoms with Gasteiger partial charge < -0.3 is 122 Å². The molecule has 18 N–H and O–H groups in total. The number of carbonyl (C=O) groups excluding carboxylic acids is 3. The fourth-order valence-electron chi connectivity index (χ4n) is 2.59. The van der Waals surface area contributed by atoms with E-state index in [9.17, 15) is 29.7 Å². The molecule has 0 bridgehead atoms. The molecular formula is C21H39MgNaO24. The Kier molecular flexibility index (Phi) is 33.5. The van der Waals surface area contributed by atoms with Gasteiger partial charge in [-0.1, -0.05) is 0 Å². The van der Waals surface area contributed by atoms with Crippen LogP contribution in [0.15, 0.2) is 0 Å². The fraction of sp³-hybridized carbons (Fsp3) is 0.857. The molecule has 0 heterocycles. The molecule has 26 heteroatoms. The van der Waals surface area contributed by atoms with Crippen LogP contribution in [-0.2, 0) is 14.4 Å². The normalized spacial score (nSPS) is 20.6. The van der Waals surface area contributed by atoms with Crippen molar-refractivity contribution in [3.05, 3.63) is 0 Å². The molecule has 0 aromatic rings. The van der Waals surface area contributed by atoms with E-state index in [-0.39, 0.29) is 52.6 Å². The van der Waals surface area contributed by atoms with Crippen LogP contribution < -0.4 is 44.9 Å². The Morgan fingerprint density at radius 3 is 0.617 bits per heavy atom. The Labute approximate surface area is 302 Å². The summed E-state index contributed by atoms with van der Waals surface area (Å²) in [5, 5.41) is 190. The van der Waals surface area contributed by atoms with E-state index in [1.54, 1.807) is 0 Å². The summed E-state index contributed by atoms with van der Waals surface area (Å²) in [6, 6.07) is 0. The second-order valence-electron chi connectivity index (χ2n) is 8.96. The third-order valence-electron chi connectivity index (χ3n) is 5.54. The minimum absolute atomic E-state index is 0. The first-order chi connectivity index (χ1) is 20.5. The second-order valence-corrected chi connectivity index (χ2v) is 8.96. The maximum absolute atomic E-state index is 10.1. The Morgan fingerprint density at radius 2 is 0.511 bits per heavy atom. The van der Waals surface area contributed by atoms with Crippen LogP contribution in [-0.4, -0.2) is 244 Å². The van der Waals surface area contributed by atoms with Gasteiger partial charge in [0.2, 0.25) is 0 Å². The average Bonchev–Trinajstić information content (AvgIpc) is 3.02. The van der Waals surface area contributed by atoms with Gasteiger partial charge in [0.1, 0.15) is 91.6 Å². The molecule has 0 aliphatic carbocycles. The fourth-order valence-corrected chi connectivity index (χ4v) is 2.59. The van der Waals surface area contributed by atoms with Crippen molar-refractivity contribution in [3.63, 3.8) is 0 Å². The van der Waals surface area contributed by atoms with Crippen molar-refractivity contribution in [1.29, 1.82) is 0 Å². The van der Waals surface area contributed by atoms with Gasteiger partial charge in [-0.15, -0.1) is 0 Å². The predicted molar refractivity (Wildman–Crippen MR) is 132 cm³/mol. The van der Waals surface area contributed by atoms with Gasteiger partial charge in [-0.2, -0.15) is 0 Å². The number of carboxylic acid groups (broad SMARTS) is 3. The number of hydrogen-bond acceptors (Lipinski definition) is 24. The molecular weight excluding hydrogens is 684 g/mol. The number of aliphatic hydroxyl groups is 18. The van der Waals surface area contributed by atoms with Crippen LogP contribution in [0.3, 0.4) is 0 Å². The Morgan fingerprint density at radius 1 is 0.362 bits per heavy atom. The topological polar surface area (TPSA) is 485 Å². The van der Waals surface area contributed by atoms with Crippen LogP contribution in [0.25, 0.3) is 0 Å². The summed E-state index contributed by atoms with van der Waals surface area (Å²) in [7, 11) is 0. The van der Waals surface area contributed by atoms with E-state index in [1.165, 1.54) is 0 Å². The third-order valence-corrected chi connectivity index (χ3v) is 5.54. The molecule has 0 rings (SSSR count). The molecule has 0 aliphatic heterocycles. The van der Waals surface area contributed by atoms with E-state index in [4.69, 9.17) is 91.9 Å². The summed E-state index contributed by atoms with van der Waals surface area (Å²) >= 11 is 0. The molecule has 15 atom stereocenters. The second kappa shape index (κ2) is 28.2. The van der Waals surface area contributed by atoms with Gasteiger partial charge in [-0.05, 0) is 0 Å². The van der Waals surface area contributed by atoms with E-state index in [2.05, 4.69) is 0 Å². The van der Waals surface area contributed by atoms with Crippen molar-refractivity contribution in [3.8, 4) is 0 Å². The van der Waals surface area contributed by atoms with Gasteiger partial charge in [-0.3, -0.25) is 0 Å². The van der Waals surface area contributed by atoms with E-state index in [0.29, 0.717) is 0 Å². The molecule has 0 spiro atoms. The first-order valence-corrected chi connectivity index (χ1v) is 12.1. The largest absolute Gasteiger partial charge is 2.00 e. The number of aliphatic hydroxyl groups excluding tert-OH is 18. The summed E-state index contributed by atoms with van der Waals surface area (Å²) in [6.07, 6.45) is -31.5. The third kappa shape index (κ3) is 20.0. The van der Waals surface area contributed by atoms with Crippen LogP contribution in [0.5, 0.6) is 0 Å². The van der Waals surface area contributed by atoms with Crippen LogP contribution in [0.4, 0.5) is 0 Å². The van der Waals surface area contributed by atoms with E-state index >= 15 is 0 Å². The Hall–Kier alpha value is -0.544. The van der Waals surface area contributed by atoms with Gasteiger partial charge in [0.25, 0.3) is 0 Å². The van der Waals surface area contributed by atoms with E-state index in [0.717, 1.165) is 0 Å². The summed E-state index contributed by atoms with van der Waals surface area (Å²) in [4.78, 5) is 30.2. The Bertz CT molecular complexity index is 740. The van der Waals surface area contributed by atoms with Crippen molar-refractivity contribution in [2.75, 3.05) is 19.8 Å². The van der Waals surface area contributed by atoms with Crippen LogP contribution in [0.2, 0.25) is 0 Å². The van der Waals surface area contributed by atoms with Crippen molar-refractivity contribution >= 4 is 41.0 Å². The van der Waals surface area contributed by atoms with E-state index in [1.807, 2.05) is 0 Å². The summed E-state index contributed by atoms with van der Waals surface area (Å²) in [5.74, 6) is -6.10. The predicted octanol–water partition coefficient (Wildman–Crippen LogP) is -19.8. The van der Waals surface area contributed by atoms with Crippen molar-refractivity contribution in [2.45, 2.75) is 91.6 Å². The number of carboxylic acids is 3. The van der Waals surface area contributed by atoms with Crippen LogP contribution in [0.1, 0.15) is 0 Å². The number of carbonyl (C=O) groups is 3. The molecule has 0 unspecified atom stereocenters. The zero-order valence-electron chi connectivity index (χ0n) is 24.5. The maximum atomic E-state index is 10.1. The standard InChI is InChI=1S/3C7H14O8.Mg.Na/c3*8-1-2(9)3(10)4(11)5(12)6(13)7(14)15;;/h3*2-6,8-13H,1H2,(H,14,15);;/q;;;+2;+1/p-3/t3*2-,3+,4-,5-,6-;;/m111../s1. The minimum Gasteiger partial charge on any atom is -0.547 e. The molecule has 0 aliphatic rings. The van der Waals surface area contributed by atoms with Gasteiger partial charge in [0, 0.05) is 0 Å². The SMILES string of the molecule is O=C([O-])[C@H](O)[C@H](O)[C@H](O)[C@@H](O)[C@H](O)CO.O=C([O-])[C@H](O)[C@H](O)[C@H](O)[C@@H](O)[C@H](O)CO.O=C([O-])[C@H](O)[C@H](O)[C@H](O)[C@@H](O)[C@H](O)CO.[Mg+2].[Na+]. The summed E-state index contributed by atoms with van der Waals surface area (Å²) in [5.41, 5.74) is 0. The molecule has 0 amide bonds. The zero-order valence-corrected chi connectivity index (χ0v) is 27.9. The molecule has 0 fully saturated rings. The van der Waals surface area contributed by atoms with Gasteiger partial charge in [0.05, 0.1) is 37.7 Å². The van der Waals surface area contributed by atoms with Crippen molar-refractivity contribution in [1.82, 2.24) is 0 Å². The monoisotopic (exact) mass is 722 g/mol. The minimum atomic E-state index is -2.40. The first-order valence-electron chi connectivity index (χ1n) is 12.1. The van der Waals surface area contributed by atoms with Crippen LogP contribution >= 0.6 is 0 Å². The number of aliphatic carboxylic acids is 3. The molecule has 24 nitrogen and oxygen atoms in total. The molecule has 47 heavy (non-hydrogen) atoms. The van der Waals surface area contributed by atoms with Crippen molar-refractivity contribution < 1.29 is 151 Å². The number of hydrogen-bond donors (Lipinski definition) is 18. The van der Waals surface area contributed by atoms with Gasteiger partial charge in [-0.25, -0.2) is 0 Å². The Balaban J connectivity index is -0.000000184. The van der Waals surface area contributed by atoms with E-state index < -0.39 is 129 Å². The molecule has 270 valence electrons. The first kappa shape index (κ1) is 55.9. The summed E-state index contributed by atoms with van der Waals surface area (Å²) < 4.78 is 0. The van der Waals surface area contributed by atoms with Gasteiger partial charge >= 0.3 is 52.6 Å². The molecule has 0 aromatic carbocycles. The smallest absolute Gasteiger partial charge is 0.547 e. The molecule has 0 aromatic heterocycles. The zero-order chi connectivity index (χ0) is 36.5. The molecule has 0 saturated heterocycles. The number of rotatable bonds is 18. The van der Waals surface area contributed by atoms with Crippen LogP contribution in [0, 0.1) is 0 Å². The quantitative estimate of drug-likeness (QED) is 0.0584. The maximum Gasteiger partial charge on any atom is 2.00 e. The average molecular weight is 723 g/mol. The van der Waals surface area contributed by atoms with Gasteiger partial charge in [0.15, 0.2) is 0 Å². The molecule has 0 saturated carbocycles. The van der Waals surface area contributed by atoms with Crippen molar-refractivity contribution in [2.24, 2.45) is 0 Å². The molecule has 0 radical (unpaired) electrons.